The van der Waals surface area contributed by atoms with E-state index in [1.807, 2.05) is 0 Å². The summed E-state index contributed by atoms with van der Waals surface area (Å²) in [6.07, 6.45) is 0. The lowest BCUT2D eigenvalue weighted by Crippen LogP contribution is -2.00. The Morgan fingerprint density at radius 3 is 2.28 bits per heavy atom. The molecule has 0 saturated heterocycles. The largest absolute Gasteiger partial charge is 0.478 e. The van der Waals surface area contributed by atoms with Crippen molar-refractivity contribution in [2.75, 3.05) is 5.73 Å². The molecule has 3 nitrogen and oxygen atoms in total. The lowest BCUT2D eigenvalue weighted by molar-refractivity contribution is 0.0697. The van der Waals surface area contributed by atoms with E-state index in [-0.39, 0.29) is 22.4 Å². The van der Waals surface area contributed by atoms with E-state index >= 15 is 0 Å². The molecule has 0 fully saturated rings. The van der Waals surface area contributed by atoms with Crippen molar-refractivity contribution in [3.63, 3.8) is 0 Å². The minimum atomic E-state index is -1.21. The molecule has 0 aliphatic rings. The zero-order chi connectivity index (χ0) is 13.3. The zero-order valence-corrected chi connectivity index (χ0v) is 9.15. The molecule has 0 amide bonds. The molecule has 2 aromatic rings. The van der Waals surface area contributed by atoms with Gasteiger partial charge < -0.3 is 10.8 Å². The number of nitrogen functional groups attached to an aromatic ring is 1. The van der Waals surface area contributed by atoms with Crippen molar-refractivity contribution in [3.8, 4) is 11.1 Å². The first-order valence-corrected chi connectivity index (χ1v) is 5.07. The van der Waals surface area contributed by atoms with Crippen molar-refractivity contribution < 1.29 is 18.7 Å². The first-order chi connectivity index (χ1) is 8.49. The summed E-state index contributed by atoms with van der Waals surface area (Å²) in [5.74, 6) is -2.74. The minimum absolute atomic E-state index is 0.100. The van der Waals surface area contributed by atoms with E-state index in [9.17, 15) is 13.6 Å². The maximum absolute atomic E-state index is 13.6. The van der Waals surface area contributed by atoms with E-state index in [1.54, 1.807) is 0 Å². The van der Waals surface area contributed by atoms with Crippen LogP contribution in [-0.2, 0) is 0 Å². The number of carbonyl (C=O) groups is 1. The van der Waals surface area contributed by atoms with E-state index in [2.05, 4.69) is 0 Å². The van der Waals surface area contributed by atoms with Gasteiger partial charge in [-0.15, -0.1) is 0 Å². The van der Waals surface area contributed by atoms with Gasteiger partial charge in [-0.05, 0) is 35.9 Å². The first kappa shape index (κ1) is 12.0. The molecule has 18 heavy (non-hydrogen) atoms. The zero-order valence-electron chi connectivity index (χ0n) is 9.15. The number of halogens is 2. The Bertz CT molecular complexity index is 606. The summed E-state index contributed by atoms with van der Waals surface area (Å²) in [5.41, 5.74) is 5.36. The predicted octanol–water partition coefficient (Wildman–Crippen LogP) is 2.91. The second kappa shape index (κ2) is 4.44. The molecule has 0 aliphatic heterocycles. The lowest BCUT2D eigenvalue weighted by Gasteiger charge is -2.07. The van der Waals surface area contributed by atoms with Crippen LogP contribution in [0.15, 0.2) is 36.4 Å². The van der Waals surface area contributed by atoms with Gasteiger partial charge in [-0.3, -0.25) is 0 Å². The average Bonchev–Trinajstić information content (AvgIpc) is 2.28. The highest BCUT2D eigenvalue weighted by atomic mass is 19.1. The molecule has 0 aromatic heterocycles. The van der Waals surface area contributed by atoms with E-state index in [1.165, 1.54) is 24.3 Å². The lowest BCUT2D eigenvalue weighted by atomic mass is 10.0. The molecule has 2 aromatic carbocycles. The third-order valence-corrected chi connectivity index (χ3v) is 2.45. The Morgan fingerprint density at radius 2 is 1.72 bits per heavy atom. The molecule has 3 N–H and O–H groups in total. The fourth-order valence-corrected chi connectivity index (χ4v) is 1.69. The van der Waals surface area contributed by atoms with Crippen molar-refractivity contribution in [3.05, 3.63) is 53.6 Å². The summed E-state index contributed by atoms with van der Waals surface area (Å²) in [6, 6.07) is 7.17. The molecule has 0 heterocycles. The van der Waals surface area contributed by atoms with Gasteiger partial charge >= 0.3 is 5.97 Å². The number of rotatable bonds is 2. The standard InChI is InChI=1S/C13H9F2NO2/c14-10-2-1-3-11(15)12(10)7-4-8(13(17)18)6-9(16)5-7/h1-6H,16H2,(H,17,18). The molecule has 5 heteroatoms. The van der Waals surface area contributed by atoms with Gasteiger partial charge in [-0.25, -0.2) is 13.6 Å². The normalized spacial score (nSPS) is 10.3. The summed E-state index contributed by atoms with van der Waals surface area (Å²) in [6.45, 7) is 0. The van der Waals surface area contributed by atoms with Crippen LogP contribution in [0.4, 0.5) is 14.5 Å². The second-order valence-corrected chi connectivity index (χ2v) is 3.75. The van der Waals surface area contributed by atoms with Crippen LogP contribution in [0.3, 0.4) is 0 Å². The number of hydrogen-bond acceptors (Lipinski definition) is 2. The number of hydrogen-bond donors (Lipinski definition) is 2. The summed E-state index contributed by atoms with van der Waals surface area (Å²) >= 11 is 0. The van der Waals surface area contributed by atoms with Crippen LogP contribution < -0.4 is 5.73 Å². The average molecular weight is 249 g/mol. The fourth-order valence-electron chi connectivity index (χ4n) is 1.69. The summed E-state index contributed by atoms with van der Waals surface area (Å²) in [5, 5.41) is 8.88. The van der Waals surface area contributed by atoms with Gasteiger partial charge in [-0.1, -0.05) is 6.07 Å². The fraction of sp³-hybridized carbons (Fsp3) is 0. The van der Waals surface area contributed by atoms with Crippen molar-refractivity contribution >= 4 is 11.7 Å². The molecule has 0 unspecified atom stereocenters. The van der Waals surface area contributed by atoms with Crippen LogP contribution in [0.25, 0.3) is 11.1 Å². The number of anilines is 1. The van der Waals surface area contributed by atoms with Gasteiger partial charge in [0.15, 0.2) is 0 Å². The summed E-state index contributed by atoms with van der Waals surface area (Å²) in [4.78, 5) is 10.9. The summed E-state index contributed by atoms with van der Waals surface area (Å²) < 4.78 is 27.1. The first-order valence-electron chi connectivity index (χ1n) is 5.07. The Hall–Kier alpha value is -2.43. The highest BCUT2D eigenvalue weighted by Gasteiger charge is 2.14. The van der Waals surface area contributed by atoms with Crippen molar-refractivity contribution in [2.45, 2.75) is 0 Å². The van der Waals surface area contributed by atoms with Crippen LogP contribution in [0.5, 0.6) is 0 Å². The quantitative estimate of drug-likeness (QED) is 0.804. The van der Waals surface area contributed by atoms with Gasteiger partial charge in [-0.2, -0.15) is 0 Å². The molecule has 92 valence electrons. The molecule has 0 saturated carbocycles. The smallest absolute Gasteiger partial charge is 0.335 e. The van der Waals surface area contributed by atoms with Gasteiger partial charge in [0.2, 0.25) is 0 Å². The maximum atomic E-state index is 13.6. The summed E-state index contributed by atoms with van der Waals surface area (Å²) in [7, 11) is 0. The Labute approximate surface area is 101 Å². The predicted molar refractivity (Wildman–Crippen MR) is 63.2 cm³/mol. The van der Waals surface area contributed by atoms with Crippen molar-refractivity contribution in [2.24, 2.45) is 0 Å². The van der Waals surface area contributed by atoms with Gasteiger partial charge in [0.25, 0.3) is 0 Å². The molecular formula is C13H9F2NO2. The third kappa shape index (κ3) is 2.15. The maximum Gasteiger partial charge on any atom is 0.335 e. The van der Waals surface area contributed by atoms with Crippen LogP contribution in [0.1, 0.15) is 10.4 Å². The number of carboxylic acids is 1. The Morgan fingerprint density at radius 1 is 1.11 bits per heavy atom. The molecule has 0 aliphatic carbocycles. The van der Waals surface area contributed by atoms with E-state index in [4.69, 9.17) is 10.8 Å². The second-order valence-electron chi connectivity index (χ2n) is 3.75. The van der Waals surface area contributed by atoms with Crippen molar-refractivity contribution in [1.82, 2.24) is 0 Å². The SMILES string of the molecule is Nc1cc(C(=O)O)cc(-c2c(F)cccc2F)c1. The number of benzene rings is 2. The Balaban J connectivity index is 2.68. The minimum Gasteiger partial charge on any atom is -0.478 e. The van der Waals surface area contributed by atoms with Crippen molar-refractivity contribution in [1.29, 1.82) is 0 Å². The molecule has 0 atom stereocenters. The highest BCUT2D eigenvalue weighted by Crippen LogP contribution is 2.28. The monoisotopic (exact) mass is 249 g/mol. The van der Waals surface area contributed by atoms with Crippen LogP contribution in [0.2, 0.25) is 0 Å². The number of aromatic carboxylic acids is 1. The van der Waals surface area contributed by atoms with Crippen LogP contribution in [0, 0.1) is 11.6 Å². The van der Waals surface area contributed by atoms with Gasteiger partial charge in [0.1, 0.15) is 11.6 Å². The van der Waals surface area contributed by atoms with E-state index < -0.39 is 17.6 Å². The molecule has 0 spiro atoms. The Kier molecular flexibility index (Phi) is 2.97. The highest BCUT2D eigenvalue weighted by molar-refractivity contribution is 5.91. The molecule has 0 radical (unpaired) electrons. The van der Waals surface area contributed by atoms with Crippen LogP contribution >= 0.6 is 0 Å². The van der Waals surface area contributed by atoms with Gasteiger partial charge in [0.05, 0.1) is 11.1 Å². The third-order valence-electron chi connectivity index (χ3n) is 2.45. The molecule has 0 bridgehead atoms. The van der Waals surface area contributed by atoms with E-state index in [0.717, 1.165) is 12.1 Å². The van der Waals surface area contributed by atoms with Gasteiger partial charge in [0, 0.05) is 5.69 Å². The van der Waals surface area contributed by atoms with Crippen LogP contribution in [-0.4, -0.2) is 11.1 Å². The number of carboxylic acid groups (broad SMARTS) is 1. The van der Waals surface area contributed by atoms with E-state index in [0.29, 0.717) is 0 Å². The molecule has 2 rings (SSSR count). The topological polar surface area (TPSA) is 63.3 Å². The number of nitrogens with two attached hydrogens (primary N) is 1. The molecular weight excluding hydrogens is 240 g/mol.